The number of amides is 2. The molecule has 0 spiro atoms. The predicted molar refractivity (Wildman–Crippen MR) is 89.9 cm³/mol. The SMILES string of the molecule is O=C(CCCNC(=O)c1ccc(Cl)cc1)N[C@H]1CC[C@@H](C(=O)O)C1. The average molecular weight is 353 g/mol. The van der Waals surface area contributed by atoms with Crippen LogP contribution in [-0.2, 0) is 9.59 Å². The molecule has 0 saturated heterocycles. The second kappa shape index (κ2) is 8.68. The second-order valence-electron chi connectivity index (χ2n) is 5.98. The van der Waals surface area contributed by atoms with E-state index in [2.05, 4.69) is 10.6 Å². The summed E-state index contributed by atoms with van der Waals surface area (Å²) in [5.74, 6) is -1.45. The summed E-state index contributed by atoms with van der Waals surface area (Å²) >= 11 is 5.77. The molecule has 2 atom stereocenters. The Morgan fingerprint density at radius 1 is 1.17 bits per heavy atom. The third-order valence-electron chi connectivity index (χ3n) is 4.12. The zero-order valence-electron chi connectivity index (χ0n) is 13.3. The van der Waals surface area contributed by atoms with E-state index in [1.807, 2.05) is 0 Å². The standard InChI is InChI=1S/C17H21ClN2O4/c18-13-6-3-11(4-7-13)16(22)19-9-1-2-15(21)20-14-8-5-12(10-14)17(23)24/h3-4,6-7,12,14H,1-2,5,8-10H2,(H,19,22)(H,20,21)(H,23,24)/t12-,14+/m1/s1. The Labute approximate surface area is 145 Å². The van der Waals surface area contributed by atoms with Crippen molar-refractivity contribution in [3.8, 4) is 0 Å². The Kier molecular flexibility index (Phi) is 6.61. The zero-order chi connectivity index (χ0) is 17.5. The number of carboxylic acids is 1. The largest absolute Gasteiger partial charge is 0.481 e. The van der Waals surface area contributed by atoms with Crippen LogP contribution in [0.2, 0.25) is 5.02 Å². The van der Waals surface area contributed by atoms with Gasteiger partial charge in [-0.15, -0.1) is 0 Å². The van der Waals surface area contributed by atoms with Crippen LogP contribution < -0.4 is 10.6 Å². The lowest BCUT2D eigenvalue weighted by atomic mass is 10.1. The number of hydrogen-bond donors (Lipinski definition) is 3. The van der Waals surface area contributed by atoms with Crippen LogP contribution in [0.5, 0.6) is 0 Å². The number of nitrogens with one attached hydrogen (secondary N) is 2. The van der Waals surface area contributed by atoms with Gasteiger partial charge in [0.2, 0.25) is 5.91 Å². The molecule has 1 aromatic carbocycles. The first kappa shape index (κ1) is 18.3. The summed E-state index contributed by atoms with van der Waals surface area (Å²) in [6.45, 7) is 0.400. The van der Waals surface area contributed by atoms with Crippen molar-refractivity contribution in [3.63, 3.8) is 0 Å². The molecule has 1 fully saturated rings. The molecule has 6 nitrogen and oxygen atoms in total. The molecule has 0 heterocycles. The fraction of sp³-hybridized carbons (Fsp3) is 0.471. The van der Waals surface area contributed by atoms with Crippen LogP contribution in [0.3, 0.4) is 0 Å². The molecule has 2 rings (SSSR count). The number of carboxylic acid groups (broad SMARTS) is 1. The van der Waals surface area contributed by atoms with Crippen molar-refractivity contribution in [2.24, 2.45) is 5.92 Å². The highest BCUT2D eigenvalue weighted by Gasteiger charge is 2.30. The lowest BCUT2D eigenvalue weighted by Crippen LogP contribution is -2.34. The van der Waals surface area contributed by atoms with E-state index < -0.39 is 5.97 Å². The monoisotopic (exact) mass is 352 g/mol. The molecule has 24 heavy (non-hydrogen) atoms. The van der Waals surface area contributed by atoms with E-state index >= 15 is 0 Å². The molecule has 7 heteroatoms. The van der Waals surface area contributed by atoms with Gasteiger partial charge in [-0.25, -0.2) is 0 Å². The Morgan fingerprint density at radius 2 is 1.88 bits per heavy atom. The fourth-order valence-corrected chi connectivity index (χ4v) is 2.92. The second-order valence-corrected chi connectivity index (χ2v) is 6.42. The highest BCUT2D eigenvalue weighted by molar-refractivity contribution is 6.30. The first-order valence-electron chi connectivity index (χ1n) is 8.01. The number of aliphatic carboxylic acids is 1. The van der Waals surface area contributed by atoms with Crippen molar-refractivity contribution in [1.29, 1.82) is 0 Å². The average Bonchev–Trinajstić information content (AvgIpc) is 3.00. The maximum atomic E-state index is 11.9. The van der Waals surface area contributed by atoms with Crippen molar-refractivity contribution in [2.45, 2.75) is 38.1 Å². The number of carbonyl (C=O) groups is 3. The Morgan fingerprint density at radius 3 is 2.50 bits per heavy atom. The fourth-order valence-electron chi connectivity index (χ4n) is 2.79. The van der Waals surface area contributed by atoms with Crippen LogP contribution in [0.4, 0.5) is 0 Å². The molecule has 3 N–H and O–H groups in total. The van der Waals surface area contributed by atoms with Crippen LogP contribution in [-0.4, -0.2) is 35.5 Å². The lowest BCUT2D eigenvalue weighted by molar-refractivity contribution is -0.141. The van der Waals surface area contributed by atoms with Crippen LogP contribution in [0.25, 0.3) is 0 Å². The molecule has 0 bridgehead atoms. The maximum Gasteiger partial charge on any atom is 0.306 e. The van der Waals surface area contributed by atoms with Gasteiger partial charge in [-0.2, -0.15) is 0 Å². The smallest absolute Gasteiger partial charge is 0.306 e. The number of carbonyl (C=O) groups excluding carboxylic acids is 2. The van der Waals surface area contributed by atoms with Crippen molar-refractivity contribution >= 4 is 29.4 Å². The Balaban J connectivity index is 1.62. The van der Waals surface area contributed by atoms with E-state index in [1.54, 1.807) is 24.3 Å². The van der Waals surface area contributed by atoms with Crippen LogP contribution in [0.1, 0.15) is 42.5 Å². The van der Waals surface area contributed by atoms with Crippen molar-refractivity contribution in [2.75, 3.05) is 6.54 Å². The normalized spacial score (nSPS) is 19.7. The van der Waals surface area contributed by atoms with Crippen molar-refractivity contribution < 1.29 is 19.5 Å². The van der Waals surface area contributed by atoms with Crippen molar-refractivity contribution in [3.05, 3.63) is 34.9 Å². The molecule has 0 aromatic heterocycles. The molecular weight excluding hydrogens is 332 g/mol. The first-order valence-corrected chi connectivity index (χ1v) is 8.39. The van der Waals surface area contributed by atoms with E-state index in [0.717, 1.165) is 0 Å². The Hall–Kier alpha value is -2.08. The van der Waals surface area contributed by atoms with Crippen LogP contribution in [0.15, 0.2) is 24.3 Å². The number of hydrogen-bond acceptors (Lipinski definition) is 3. The van der Waals surface area contributed by atoms with Gasteiger partial charge in [-0.05, 0) is 49.9 Å². The predicted octanol–water partition coefficient (Wildman–Crippen LogP) is 2.22. The van der Waals surface area contributed by atoms with Crippen LogP contribution >= 0.6 is 11.6 Å². The zero-order valence-corrected chi connectivity index (χ0v) is 14.0. The van der Waals surface area contributed by atoms with E-state index in [1.165, 1.54) is 0 Å². The molecule has 0 radical (unpaired) electrons. The summed E-state index contributed by atoms with van der Waals surface area (Å²) in [5, 5.41) is 15.1. The Bertz CT molecular complexity index is 603. The number of benzene rings is 1. The minimum atomic E-state index is -0.795. The molecular formula is C17H21ClN2O4. The maximum absolute atomic E-state index is 11.9. The summed E-state index contributed by atoms with van der Waals surface area (Å²) in [6.07, 6.45) is 2.64. The third kappa shape index (κ3) is 5.53. The van der Waals surface area contributed by atoms with Gasteiger partial charge >= 0.3 is 5.97 Å². The molecule has 0 unspecified atom stereocenters. The van der Waals surface area contributed by atoms with Gasteiger partial charge in [0.15, 0.2) is 0 Å². The van der Waals surface area contributed by atoms with Gasteiger partial charge in [0.1, 0.15) is 0 Å². The number of rotatable bonds is 7. The third-order valence-corrected chi connectivity index (χ3v) is 4.37. The lowest BCUT2D eigenvalue weighted by Gasteiger charge is -2.12. The van der Waals surface area contributed by atoms with Gasteiger partial charge in [-0.3, -0.25) is 14.4 Å². The van der Waals surface area contributed by atoms with Gasteiger partial charge in [0.05, 0.1) is 5.92 Å². The van der Waals surface area contributed by atoms with Gasteiger partial charge in [0, 0.05) is 29.6 Å². The van der Waals surface area contributed by atoms with E-state index in [4.69, 9.17) is 16.7 Å². The molecule has 2 amide bonds. The van der Waals surface area contributed by atoms with Gasteiger partial charge < -0.3 is 15.7 Å². The van der Waals surface area contributed by atoms with Crippen LogP contribution in [0, 0.1) is 5.92 Å². The van der Waals surface area contributed by atoms with Gasteiger partial charge in [0.25, 0.3) is 5.91 Å². The molecule has 0 aliphatic heterocycles. The highest BCUT2D eigenvalue weighted by Crippen LogP contribution is 2.25. The topological polar surface area (TPSA) is 95.5 Å². The van der Waals surface area contributed by atoms with E-state index in [9.17, 15) is 14.4 Å². The highest BCUT2D eigenvalue weighted by atomic mass is 35.5. The van der Waals surface area contributed by atoms with E-state index in [-0.39, 0.29) is 23.8 Å². The summed E-state index contributed by atoms with van der Waals surface area (Å²) < 4.78 is 0. The minimum Gasteiger partial charge on any atom is -0.481 e. The molecule has 1 aliphatic rings. The summed E-state index contributed by atoms with van der Waals surface area (Å²) in [6, 6.07) is 6.53. The molecule has 130 valence electrons. The molecule has 1 aromatic rings. The summed E-state index contributed by atoms with van der Waals surface area (Å²) in [7, 11) is 0. The van der Waals surface area contributed by atoms with Crippen molar-refractivity contribution in [1.82, 2.24) is 10.6 Å². The summed E-state index contributed by atoms with van der Waals surface area (Å²) in [5.41, 5.74) is 0.523. The minimum absolute atomic E-state index is 0.0535. The summed E-state index contributed by atoms with van der Waals surface area (Å²) in [4.78, 5) is 34.6. The quantitative estimate of drug-likeness (QED) is 0.656. The molecule has 1 aliphatic carbocycles. The van der Waals surface area contributed by atoms with E-state index in [0.29, 0.717) is 49.2 Å². The van der Waals surface area contributed by atoms with Gasteiger partial charge in [-0.1, -0.05) is 11.6 Å². The first-order chi connectivity index (χ1) is 11.5. The molecule has 1 saturated carbocycles. The number of halogens is 1.